The van der Waals surface area contributed by atoms with Crippen LogP contribution < -0.4 is 11.1 Å². The van der Waals surface area contributed by atoms with E-state index in [4.69, 9.17) is 10.5 Å². The molecule has 0 bridgehead atoms. The lowest BCUT2D eigenvalue weighted by molar-refractivity contribution is -0.148. The first-order valence-corrected chi connectivity index (χ1v) is 8.29. The van der Waals surface area contributed by atoms with E-state index in [0.29, 0.717) is 6.10 Å². The Balaban J connectivity index is 1.85. The second kappa shape index (κ2) is 5.76. The summed E-state index contributed by atoms with van der Waals surface area (Å²) in [6, 6.07) is 2.27. The van der Waals surface area contributed by atoms with Gasteiger partial charge < -0.3 is 15.8 Å². The summed E-state index contributed by atoms with van der Waals surface area (Å²) in [5.41, 5.74) is 7.83. The molecule has 0 aliphatic heterocycles. The van der Waals surface area contributed by atoms with Gasteiger partial charge in [0.1, 0.15) is 0 Å². The highest BCUT2D eigenvalue weighted by Gasteiger charge is 2.58. The van der Waals surface area contributed by atoms with Crippen LogP contribution in [-0.4, -0.2) is 24.8 Å². The maximum atomic E-state index is 6.56. The highest BCUT2D eigenvalue weighted by molar-refractivity contribution is 7.12. The normalized spacial score (nSPS) is 28.4. The third-order valence-corrected chi connectivity index (χ3v) is 6.11. The minimum Gasteiger partial charge on any atom is -0.378 e. The molecule has 1 saturated carbocycles. The number of aryl methyl sites for hydroxylation is 2. The molecule has 0 spiro atoms. The minimum atomic E-state index is -0.159. The smallest absolute Gasteiger partial charge is 0.0662 e. The highest BCUT2D eigenvalue weighted by atomic mass is 32.1. The van der Waals surface area contributed by atoms with Crippen LogP contribution in [0.3, 0.4) is 0 Å². The fourth-order valence-electron chi connectivity index (χ4n) is 2.95. The number of nitrogens with one attached hydrogen (secondary N) is 1. The van der Waals surface area contributed by atoms with E-state index < -0.39 is 0 Å². The maximum absolute atomic E-state index is 6.56. The van der Waals surface area contributed by atoms with E-state index in [2.05, 4.69) is 39.1 Å². The quantitative estimate of drug-likeness (QED) is 0.848. The van der Waals surface area contributed by atoms with E-state index >= 15 is 0 Å². The van der Waals surface area contributed by atoms with Crippen molar-refractivity contribution in [1.29, 1.82) is 0 Å². The predicted octanol–water partition coefficient (Wildman–Crippen LogP) is 2.99. The van der Waals surface area contributed by atoms with Crippen LogP contribution in [0, 0.1) is 19.3 Å². The minimum absolute atomic E-state index is 0.0390. The van der Waals surface area contributed by atoms with Crippen molar-refractivity contribution in [2.24, 2.45) is 11.1 Å². The zero-order valence-electron chi connectivity index (χ0n) is 13.4. The standard InChI is InChI=1S/C16H28N2OS/c1-6-19-14-8-16(17,15(14,4)5)10-18-9-13-7-11(2)12(3)20-13/h7,14,18H,6,8-10,17H2,1-5H3. The van der Waals surface area contributed by atoms with Crippen LogP contribution in [0.4, 0.5) is 0 Å². The molecule has 20 heavy (non-hydrogen) atoms. The van der Waals surface area contributed by atoms with Gasteiger partial charge in [-0.05, 0) is 38.8 Å². The number of ether oxygens (including phenoxy) is 1. The molecule has 1 fully saturated rings. The summed E-state index contributed by atoms with van der Waals surface area (Å²) in [5.74, 6) is 0. The maximum Gasteiger partial charge on any atom is 0.0662 e. The summed E-state index contributed by atoms with van der Waals surface area (Å²) < 4.78 is 5.77. The molecule has 0 saturated heterocycles. The molecule has 3 N–H and O–H groups in total. The van der Waals surface area contributed by atoms with Crippen molar-refractivity contribution in [2.75, 3.05) is 13.2 Å². The van der Waals surface area contributed by atoms with E-state index in [1.54, 1.807) is 0 Å². The molecule has 1 aromatic rings. The van der Waals surface area contributed by atoms with Gasteiger partial charge in [-0.3, -0.25) is 0 Å². The van der Waals surface area contributed by atoms with Gasteiger partial charge in [0.15, 0.2) is 0 Å². The largest absolute Gasteiger partial charge is 0.378 e. The summed E-state index contributed by atoms with van der Waals surface area (Å²) in [6.07, 6.45) is 1.24. The average molecular weight is 296 g/mol. The van der Waals surface area contributed by atoms with Crippen LogP contribution in [0.15, 0.2) is 6.07 Å². The Morgan fingerprint density at radius 3 is 2.65 bits per heavy atom. The number of hydrogen-bond donors (Lipinski definition) is 2. The molecule has 1 heterocycles. The Kier molecular flexibility index (Phi) is 4.59. The van der Waals surface area contributed by atoms with Crippen molar-refractivity contribution < 1.29 is 4.74 Å². The molecule has 0 radical (unpaired) electrons. The lowest BCUT2D eigenvalue weighted by Gasteiger charge is -2.59. The topological polar surface area (TPSA) is 47.3 Å². The number of rotatable bonds is 6. The Bertz CT molecular complexity index is 450. The summed E-state index contributed by atoms with van der Waals surface area (Å²) in [4.78, 5) is 2.80. The van der Waals surface area contributed by atoms with E-state index in [0.717, 1.165) is 26.1 Å². The lowest BCUT2D eigenvalue weighted by atomic mass is 9.54. The molecule has 4 heteroatoms. The first kappa shape index (κ1) is 16.0. The molecular formula is C16H28N2OS. The predicted molar refractivity (Wildman–Crippen MR) is 86.2 cm³/mol. The van der Waals surface area contributed by atoms with Crippen molar-refractivity contribution >= 4 is 11.3 Å². The molecule has 1 aliphatic rings. The fourth-order valence-corrected chi connectivity index (χ4v) is 3.98. The van der Waals surface area contributed by atoms with Crippen LogP contribution in [-0.2, 0) is 11.3 Å². The van der Waals surface area contributed by atoms with Crippen molar-refractivity contribution in [3.05, 3.63) is 21.4 Å². The Morgan fingerprint density at radius 1 is 1.45 bits per heavy atom. The average Bonchev–Trinajstić information content (AvgIpc) is 2.68. The molecule has 2 atom stereocenters. The summed E-state index contributed by atoms with van der Waals surface area (Å²) >= 11 is 1.87. The third-order valence-electron chi connectivity index (χ3n) is 4.96. The van der Waals surface area contributed by atoms with Crippen molar-refractivity contribution in [3.63, 3.8) is 0 Å². The van der Waals surface area contributed by atoms with Crippen LogP contribution in [0.25, 0.3) is 0 Å². The van der Waals surface area contributed by atoms with Crippen molar-refractivity contribution in [1.82, 2.24) is 5.32 Å². The zero-order chi connectivity index (χ0) is 15.0. The number of hydrogen-bond acceptors (Lipinski definition) is 4. The van der Waals surface area contributed by atoms with Crippen LogP contribution in [0.1, 0.15) is 42.5 Å². The van der Waals surface area contributed by atoms with Crippen molar-refractivity contribution in [2.45, 2.75) is 59.2 Å². The van der Waals surface area contributed by atoms with Crippen molar-refractivity contribution in [3.8, 4) is 0 Å². The van der Waals surface area contributed by atoms with E-state index in [9.17, 15) is 0 Å². The zero-order valence-corrected chi connectivity index (χ0v) is 14.2. The molecule has 2 rings (SSSR count). The molecule has 114 valence electrons. The van der Waals surface area contributed by atoms with Gasteiger partial charge in [0.05, 0.1) is 6.10 Å². The van der Waals surface area contributed by atoms with E-state index in [1.165, 1.54) is 15.3 Å². The monoisotopic (exact) mass is 296 g/mol. The molecule has 0 aromatic carbocycles. The second-order valence-electron chi connectivity index (χ2n) is 6.58. The molecule has 1 aromatic heterocycles. The summed E-state index contributed by atoms with van der Waals surface area (Å²) in [5, 5.41) is 3.53. The lowest BCUT2D eigenvalue weighted by Crippen LogP contribution is -2.73. The first-order valence-electron chi connectivity index (χ1n) is 7.47. The van der Waals surface area contributed by atoms with Gasteiger partial charge in [0.2, 0.25) is 0 Å². The number of nitrogens with two attached hydrogens (primary N) is 1. The first-order chi connectivity index (χ1) is 9.30. The van der Waals surface area contributed by atoms with Gasteiger partial charge in [-0.2, -0.15) is 0 Å². The third kappa shape index (κ3) is 2.80. The SMILES string of the molecule is CCOC1CC(N)(CNCc2cc(C)c(C)s2)C1(C)C. The van der Waals surface area contributed by atoms with Gasteiger partial charge >= 0.3 is 0 Å². The number of thiophene rings is 1. The molecule has 1 aliphatic carbocycles. The fraction of sp³-hybridized carbons (Fsp3) is 0.750. The Morgan fingerprint density at radius 2 is 2.15 bits per heavy atom. The van der Waals surface area contributed by atoms with E-state index in [-0.39, 0.29) is 11.0 Å². The summed E-state index contributed by atoms with van der Waals surface area (Å²) in [7, 11) is 0. The second-order valence-corrected chi connectivity index (χ2v) is 7.92. The molecule has 3 nitrogen and oxygen atoms in total. The van der Waals surface area contributed by atoms with Gasteiger partial charge in [-0.1, -0.05) is 13.8 Å². The molecular weight excluding hydrogens is 268 g/mol. The van der Waals surface area contributed by atoms with Gasteiger partial charge in [0.25, 0.3) is 0 Å². The van der Waals surface area contributed by atoms with Gasteiger partial charge in [0, 0.05) is 40.4 Å². The van der Waals surface area contributed by atoms with Crippen LogP contribution >= 0.6 is 11.3 Å². The molecule has 0 amide bonds. The molecule has 2 unspecified atom stereocenters. The van der Waals surface area contributed by atoms with Gasteiger partial charge in [-0.25, -0.2) is 0 Å². The van der Waals surface area contributed by atoms with Gasteiger partial charge in [-0.15, -0.1) is 11.3 Å². The van der Waals surface area contributed by atoms with E-state index in [1.807, 2.05) is 18.3 Å². The highest BCUT2D eigenvalue weighted by Crippen LogP contribution is 2.49. The summed E-state index contributed by atoms with van der Waals surface area (Å²) in [6.45, 7) is 13.4. The Labute approximate surface area is 126 Å². The van der Waals surface area contributed by atoms with Crippen LogP contribution in [0.2, 0.25) is 0 Å². The van der Waals surface area contributed by atoms with Crippen LogP contribution in [0.5, 0.6) is 0 Å². The Hall–Kier alpha value is -0.420.